The van der Waals surface area contributed by atoms with E-state index in [-0.39, 0.29) is 6.03 Å². The van der Waals surface area contributed by atoms with Crippen LogP contribution < -0.4 is 10.1 Å². The predicted molar refractivity (Wildman–Crippen MR) is 91.3 cm³/mol. The standard InChI is InChI=1S/C18H23N3O3/c1-13-11-17(20-24-13)19-18(22)21-9-7-15(8-10-21)12-14-3-5-16(23-2)6-4-14/h3-6,11,15H,7-10,12H2,1-2H3,(H,19,20,22). The van der Waals surface area contributed by atoms with Crippen LogP contribution in [0.25, 0.3) is 0 Å². The van der Waals surface area contributed by atoms with E-state index in [1.165, 1.54) is 5.56 Å². The number of methoxy groups -OCH3 is 1. The summed E-state index contributed by atoms with van der Waals surface area (Å²) in [6, 6.07) is 9.84. The molecule has 24 heavy (non-hydrogen) atoms. The first-order chi connectivity index (χ1) is 11.6. The Bertz CT molecular complexity index is 673. The molecule has 1 saturated heterocycles. The molecular weight excluding hydrogens is 306 g/mol. The van der Waals surface area contributed by atoms with E-state index in [0.29, 0.717) is 17.5 Å². The summed E-state index contributed by atoms with van der Waals surface area (Å²) in [6.07, 6.45) is 3.07. The Kier molecular flexibility index (Phi) is 5.03. The number of aryl methyl sites for hydroxylation is 1. The molecule has 6 heteroatoms. The van der Waals surface area contributed by atoms with Gasteiger partial charge < -0.3 is 14.2 Å². The maximum atomic E-state index is 12.2. The van der Waals surface area contributed by atoms with Crippen molar-refractivity contribution in [2.45, 2.75) is 26.2 Å². The number of hydrogen-bond acceptors (Lipinski definition) is 4. The highest BCUT2D eigenvalue weighted by atomic mass is 16.5. The van der Waals surface area contributed by atoms with Crippen LogP contribution in [0.1, 0.15) is 24.2 Å². The predicted octanol–water partition coefficient (Wildman–Crippen LogP) is 3.48. The number of ether oxygens (including phenoxy) is 1. The van der Waals surface area contributed by atoms with Gasteiger partial charge in [-0.1, -0.05) is 17.3 Å². The Hall–Kier alpha value is -2.50. The molecule has 0 atom stereocenters. The van der Waals surface area contributed by atoms with Crippen LogP contribution in [0.4, 0.5) is 10.6 Å². The van der Waals surface area contributed by atoms with E-state index in [0.717, 1.165) is 38.1 Å². The Morgan fingerprint density at radius 2 is 2.04 bits per heavy atom. The summed E-state index contributed by atoms with van der Waals surface area (Å²) < 4.78 is 10.1. The van der Waals surface area contributed by atoms with Crippen LogP contribution in [0, 0.1) is 12.8 Å². The van der Waals surface area contributed by atoms with E-state index in [9.17, 15) is 4.79 Å². The van der Waals surface area contributed by atoms with Gasteiger partial charge in [0.15, 0.2) is 5.82 Å². The van der Waals surface area contributed by atoms with Gasteiger partial charge in [0.2, 0.25) is 0 Å². The highest BCUT2D eigenvalue weighted by Gasteiger charge is 2.23. The Balaban J connectivity index is 1.47. The molecule has 1 aliphatic rings. The van der Waals surface area contributed by atoms with Crippen molar-refractivity contribution in [1.82, 2.24) is 10.1 Å². The number of likely N-dealkylation sites (tertiary alicyclic amines) is 1. The topological polar surface area (TPSA) is 67.6 Å². The normalized spacial score (nSPS) is 15.3. The first-order valence-corrected chi connectivity index (χ1v) is 8.26. The second-order valence-electron chi connectivity index (χ2n) is 6.24. The van der Waals surface area contributed by atoms with Crippen LogP contribution in [0.3, 0.4) is 0 Å². The van der Waals surface area contributed by atoms with Crippen LogP contribution in [0.2, 0.25) is 0 Å². The lowest BCUT2D eigenvalue weighted by Crippen LogP contribution is -2.41. The smallest absolute Gasteiger partial charge is 0.323 e. The number of amides is 2. The zero-order valence-electron chi connectivity index (χ0n) is 14.1. The van der Waals surface area contributed by atoms with Gasteiger partial charge in [0.25, 0.3) is 0 Å². The summed E-state index contributed by atoms with van der Waals surface area (Å²) in [5.41, 5.74) is 1.32. The van der Waals surface area contributed by atoms with Crippen molar-refractivity contribution in [3.05, 3.63) is 41.7 Å². The average Bonchev–Trinajstić information content (AvgIpc) is 3.01. The maximum absolute atomic E-state index is 12.2. The number of rotatable bonds is 4. The van der Waals surface area contributed by atoms with Gasteiger partial charge in [0.1, 0.15) is 11.5 Å². The summed E-state index contributed by atoms with van der Waals surface area (Å²) >= 11 is 0. The molecule has 0 unspecified atom stereocenters. The summed E-state index contributed by atoms with van der Waals surface area (Å²) in [4.78, 5) is 14.1. The molecule has 2 amide bonds. The number of benzene rings is 1. The lowest BCUT2D eigenvalue weighted by atomic mass is 9.90. The Labute approximate surface area is 141 Å². The van der Waals surface area contributed by atoms with E-state index >= 15 is 0 Å². The molecule has 128 valence electrons. The molecule has 0 radical (unpaired) electrons. The highest BCUT2D eigenvalue weighted by Crippen LogP contribution is 2.23. The van der Waals surface area contributed by atoms with Crippen LogP contribution in [-0.2, 0) is 6.42 Å². The molecule has 1 aliphatic heterocycles. The van der Waals surface area contributed by atoms with Gasteiger partial charge in [0.05, 0.1) is 7.11 Å². The third-order valence-corrected chi connectivity index (χ3v) is 4.45. The molecular formula is C18H23N3O3. The third kappa shape index (κ3) is 4.07. The van der Waals surface area contributed by atoms with Crippen LogP contribution in [0.5, 0.6) is 5.75 Å². The summed E-state index contributed by atoms with van der Waals surface area (Å²) in [6.45, 7) is 3.33. The lowest BCUT2D eigenvalue weighted by Gasteiger charge is -2.31. The van der Waals surface area contributed by atoms with Crippen molar-refractivity contribution in [1.29, 1.82) is 0 Å². The van der Waals surface area contributed by atoms with Crippen molar-refractivity contribution < 1.29 is 14.1 Å². The van der Waals surface area contributed by atoms with Gasteiger partial charge in [-0.25, -0.2) is 4.79 Å². The molecule has 6 nitrogen and oxygen atoms in total. The number of urea groups is 1. The SMILES string of the molecule is COc1ccc(CC2CCN(C(=O)Nc3cc(C)on3)CC2)cc1. The number of nitrogens with zero attached hydrogens (tertiary/aromatic N) is 2. The third-order valence-electron chi connectivity index (χ3n) is 4.45. The van der Waals surface area contributed by atoms with Crippen molar-refractivity contribution in [3.63, 3.8) is 0 Å². The molecule has 0 spiro atoms. The number of nitrogens with one attached hydrogen (secondary N) is 1. The number of carbonyl (C=O) groups is 1. The summed E-state index contributed by atoms with van der Waals surface area (Å²) in [7, 11) is 1.68. The second-order valence-corrected chi connectivity index (χ2v) is 6.24. The van der Waals surface area contributed by atoms with Gasteiger partial charge in [0, 0.05) is 19.2 Å². The summed E-state index contributed by atoms with van der Waals surface area (Å²) in [5.74, 6) is 2.64. The minimum atomic E-state index is -0.105. The van der Waals surface area contributed by atoms with E-state index in [4.69, 9.17) is 9.26 Å². The molecule has 1 fully saturated rings. The monoisotopic (exact) mass is 329 g/mol. The first-order valence-electron chi connectivity index (χ1n) is 8.26. The molecule has 2 heterocycles. The van der Waals surface area contributed by atoms with Crippen molar-refractivity contribution in [3.8, 4) is 5.75 Å². The number of anilines is 1. The fourth-order valence-corrected chi connectivity index (χ4v) is 3.05. The van der Waals surface area contributed by atoms with Crippen LogP contribution in [-0.4, -0.2) is 36.3 Å². The zero-order chi connectivity index (χ0) is 16.9. The largest absolute Gasteiger partial charge is 0.497 e. The first kappa shape index (κ1) is 16.4. The summed E-state index contributed by atoms with van der Waals surface area (Å²) in [5, 5.41) is 6.57. The number of piperidine rings is 1. The Morgan fingerprint density at radius 3 is 2.62 bits per heavy atom. The molecule has 3 rings (SSSR count). The molecule has 2 aromatic rings. The van der Waals surface area contributed by atoms with Crippen LogP contribution >= 0.6 is 0 Å². The van der Waals surface area contributed by atoms with Gasteiger partial charge >= 0.3 is 6.03 Å². The second kappa shape index (κ2) is 7.38. The quantitative estimate of drug-likeness (QED) is 0.932. The maximum Gasteiger partial charge on any atom is 0.323 e. The molecule has 0 bridgehead atoms. The van der Waals surface area contributed by atoms with Crippen LogP contribution in [0.15, 0.2) is 34.9 Å². The number of aromatic nitrogens is 1. The van der Waals surface area contributed by atoms with Gasteiger partial charge in [-0.3, -0.25) is 5.32 Å². The fourth-order valence-electron chi connectivity index (χ4n) is 3.05. The van der Waals surface area contributed by atoms with E-state index in [2.05, 4.69) is 22.6 Å². The zero-order valence-corrected chi connectivity index (χ0v) is 14.1. The minimum absolute atomic E-state index is 0.105. The van der Waals surface area contributed by atoms with Crippen molar-refractivity contribution in [2.24, 2.45) is 5.92 Å². The molecule has 0 saturated carbocycles. The van der Waals surface area contributed by atoms with Crippen molar-refractivity contribution >= 4 is 11.8 Å². The molecule has 1 aromatic carbocycles. The Morgan fingerprint density at radius 1 is 1.33 bits per heavy atom. The van der Waals surface area contributed by atoms with Gasteiger partial charge in [-0.2, -0.15) is 0 Å². The highest BCUT2D eigenvalue weighted by molar-refractivity contribution is 5.88. The number of carbonyl (C=O) groups excluding carboxylic acids is 1. The molecule has 1 N–H and O–H groups in total. The molecule has 1 aromatic heterocycles. The lowest BCUT2D eigenvalue weighted by molar-refractivity contribution is 0.182. The number of hydrogen-bond donors (Lipinski definition) is 1. The minimum Gasteiger partial charge on any atom is -0.497 e. The van der Waals surface area contributed by atoms with Gasteiger partial charge in [-0.15, -0.1) is 0 Å². The molecule has 0 aliphatic carbocycles. The van der Waals surface area contributed by atoms with E-state index < -0.39 is 0 Å². The van der Waals surface area contributed by atoms with Gasteiger partial charge in [-0.05, 0) is 49.8 Å². The van der Waals surface area contributed by atoms with Crippen molar-refractivity contribution in [2.75, 3.05) is 25.5 Å². The average molecular weight is 329 g/mol. The van der Waals surface area contributed by atoms with E-state index in [1.807, 2.05) is 17.0 Å². The fraction of sp³-hybridized carbons (Fsp3) is 0.444. The van der Waals surface area contributed by atoms with E-state index in [1.54, 1.807) is 20.1 Å².